The number of benzene rings is 2. The number of rotatable bonds is 5. The van der Waals surface area contributed by atoms with Crippen LogP contribution in [0.3, 0.4) is 0 Å². The summed E-state index contributed by atoms with van der Waals surface area (Å²) in [5.41, 5.74) is 7.80. The molecule has 0 spiro atoms. The number of nitrogens with two attached hydrogens (primary N) is 1. The fourth-order valence-corrected chi connectivity index (χ4v) is 2.36. The van der Waals surface area contributed by atoms with E-state index in [0.29, 0.717) is 22.8 Å². The van der Waals surface area contributed by atoms with Gasteiger partial charge in [0, 0.05) is 15.7 Å². The molecule has 2 aromatic carbocycles. The van der Waals surface area contributed by atoms with Gasteiger partial charge in [0.1, 0.15) is 17.8 Å². The molecule has 0 amide bonds. The van der Waals surface area contributed by atoms with Crippen LogP contribution in [0.1, 0.15) is 17.3 Å². The number of Topliss-reactive ketones (excluding diaryl/α,β-unsaturated/α-hetero) is 1. The van der Waals surface area contributed by atoms with Crippen molar-refractivity contribution in [2.24, 2.45) is 0 Å². The normalized spacial score (nSPS) is 10.3. The van der Waals surface area contributed by atoms with Crippen molar-refractivity contribution in [2.75, 3.05) is 11.1 Å². The van der Waals surface area contributed by atoms with Crippen LogP contribution in [0.15, 0.2) is 59.3 Å². The minimum atomic E-state index is 0.0123. The van der Waals surface area contributed by atoms with Crippen molar-refractivity contribution in [1.29, 1.82) is 0 Å². The van der Waals surface area contributed by atoms with E-state index in [1.807, 2.05) is 12.1 Å². The van der Waals surface area contributed by atoms with Gasteiger partial charge in [-0.3, -0.25) is 4.79 Å². The average molecular weight is 399 g/mol. The second-order valence-electron chi connectivity index (χ2n) is 5.26. The Morgan fingerprint density at radius 2 is 1.76 bits per heavy atom. The molecule has 7 heteroatoms. The molecule has 25 heavy (non-hydrogen) atoms. The number of halogens is 1. The molecule has 0 aliphatic rings. The average Bonchev–Trinajstić information content (AvgIpc) is 2.61. The fourth-order valence-electron chi connectivity index (χ4n) is 2.10. The molecule has 0 radical (unpaired) electrons. The Bertz CT molecular complexity index is 896. The van der Waals surface area contributed by atoms with Crippen LogP contribution in [0.4, 0.5) is 17.2 Å². The summed E-state index contributed by atoms with van der Waals surface area (Å²) in [5.74, 6) is 1.32. The summed E-state index contributed by atoms with van der Waals surface area (Å²) in [5, 5.41) is 3.10. The van der Waals surface area contributed by atoms with Crippen molar-refractivity contribution in [3.8, 4) is 11.6 Å². The standard InChI is InChI=1S/C18H15BrN4O2/c1-11(24)12-2-6-14(7-3-12)23-17-16(20)18(22-10-21-17)25-15-8-4-13(19)5-9-15/h2-10H,20H2,1H3,(H,21,22,23). The lowest BCUT2D eigenvalue weighted by Crippen LogP contribution is -2.03. The number of nitrogens with zero attached hydrogens (tertiary/aromatic N) is 2. The van der Waals surface area contributed by atoms with Gasteiger partial charge in [-0.1, -0.05) is 15.9 Å². The fraction of sp³-hybridized carbons (Fsp3) is 0.0556. The molecule has 0 aliphatic carbocycles. The summed E-state index contributed by atoms with van der Waals surface area (Å²) in [4.78, 5) is 19.6. The Labute approximate surface area is 153 Å². The number of hydrogen-bond donors (Lipinski definition) is 2. The van der Waals surface area contributed by atoms with Gasteiger partial charge in [-0.15, -0.1) is 0 Å². The van der Waals surface area contributed by atoms with Gasteiger partial charge >= 0.3 is 0 Å². The van der Waals surface area contributed by atoms with Crippen LogP contribution in [0.5, 0.6) is 11.6 Å². The van der Waals surface area contributed by atoms with E-state index >= 15 is 0 Å². The highest BCUT2D eigenvalue weighted by atomic mass is 79.9. The molecular formula is C18H15BrN4O2. The van der Waals surface area contributed by atoms with Gasteiger partial charge in [0.15, 0.2) is 11.6 Å². The molecule has 3 aromatic rings. The van der Waals surface area contributed by atoms with E-state index in [4.69, 9.17) is 10.5 Å². The molecule has 1 heterocycles. The first kappa shape index (κ1) is 16.9. The van der Waals surface area contributed by atoms with E-state index < -0.39 is 0 Å². The largest absolute Gasteiger partial charge is 0.437 e. The lowest BCUT2D eigenvalue weighted by atomic mass is 10.1. The zero-order valence-corrected chi connectivity index (χ0v) is 14.9. The number of nitrogens with one attached hydrogen (secondary N) is 1. The summed E-state index contributed by atoms with van der Waals surface area (Å²) < 4.78 is 6.66. The maximum absolute atomic E-state index is 11.3. The predicted octanol–water partition coefficient (Wildman–Crippen LogP) is 4.56. The highest BCUT2D eigenvalue weighted by Crippen LogP contribution is 2.31. The van der Waals surface area contributed by atoms with Crippen LogP contribution in [0.25, 0.3) is 0 Å². The smallest absolute Gasteiger partial charge is 0.248 e. The van der Waals surface area contributed by atoms with Gasteiger partial charge in [-0.2, -0.15) is 4.98 Å². The van der Waals surface area contributed by atoms with Crippen LogP contribution < -0.4 is 15.8 Å². The van der Waals surface area contributed by atoms with E-state index in [1.165, 1.54) is 13.3 Å². The highest BCUT2D eigenvalue weighted by molar-refractivity contribution is 9.10. The molecule has 0 unspecified atom stereocenters. The molecule has 0 atom stereocenters. The molecule has 126 valence electrons. The Morgan fingerprint density at radius 3 is 2.40 bits per heavy atom. The third kappa shape index (κ3) is 4.13. The number of ether oxygens (including phenoxy) is 1. The zero-order chi connectivity index (χ0) is 17.8. The Morgan fingerprint density at radius 1 is 1.08 bits per heavy atom. The molecule has 0 aliphatic heterocycles. The van der Waals surface area contributed by atoms with Crippen molar-refractivity contribution in [3.63, 3.8) is 0 Å². The van der Waals surface area contributed by atoms with Gasteiger partial charge in [0.25, 0.3) is 0 Å². The van der Waals surface area contributed by atoms with Crippen LogP contribution in [-0.4, -0.2) is 15.8 Å². The lowest BCUT2D eigenvalue weighted by Gasteiger charge is -2.12. The predicted molar refractivity (Wildman–Crippen MR) is 100 cm³/mol. The minimum absolute atomic E-state index is 0.0123. The molecule has 0 saturated heterocycles. The zero-order valence-electron chi connectivity index (χ0n) is 13.4. The van der Waals surface area contributed by atoms with Gasteiger partial charge in [-0.25, -0.2) is 4.98 Å². The van der Waals surface area contributed by atoms with Crippen molar-refractivity contribution in [2.45, 2.75) is 6.92 Å². The van der Waals surface area contributed by atoms with Gasteiger partial charge in [0.05, 0.1) is 0 Å². The number of nitrogen functional groups attached to an aromatic ring is 1. The number of carbonyl (C=O) groups is 1. The number of ketones is 1. The van der Waals surface area contributed by atoms with Crippen molar-refractivity contribution in [1.82, 2.24) is 9.97 Å². The first-order chi connectivity index (χ1) is 12.0. The van der Waals surface area contributed by atoms with Crippen LogP contribution in [0, 0.1) is 0 Å². The second-order valence-corrected chi connectivity index (χ2v) is 6.17. The van der Waals surface area contributed by atoms with Crippen LogP contribution in [-0.2, 0) is 0 Å². The third-order valence-corrected chi connectivity index (χ3v) is 3.96. The minimum Gasteiger partial charge on any atom is -0.437 e. The first-order valence-corrected chi connectivity index (χ1v) is 8.24. The molecule has 0 bridgehead atoms. The van der Waals surface area contributed by atoms with E-state index in [0.717, 1.165) is 10.2 Å². The molecule has 3 N–H and O–H groups in total. The Balaban J connectivity index is 1.80. The van der Waals surface area contributed by atoms with Crippen molar-refractivity contribution >= 4 is 38.9 Å². The van der Waals surface area contributed by atoms with E-state index in [2.05, 4.69) is 31.2 Å². The third-order valence-electron chi connectivity index (χ3n) is 3.43. The molecule has 6 nitrogen and oxygen atoms in total. The quantitative estimate of drug-likeness (QED) is 0.612. The Kier molecular flexibility index (Phi) is 4.95. The van der Waals surface area contributed by atoms with E-state index in [-0.39, 0.29) is 11.7 Å². The topological polar surface area (TPSA) is 90.1 Å². The number of aromatic nitrogens is 2. The SMILES string of the molecule is CC(=O)c1ccc(Nc2ncnc(Oc3ccc(Br)cc3)c2N)cc1. The summed E-state index contributed by atoms with van der Waals surface area (Å²) in [6, 6.07) is 14.4. The first-order valence-electron chi connectivity index (χ1n) is 7.45. The van der Waals surface area contributed by atoms with E-state index in [9.17, 15) is 4.79 Å². The van der Waals surface area contributed by atoms with Crippen molar-refractivity contribution in [3.05, 3.63) is 64.9 Å². The van der Waals surface area contributed by atoms with Gasteiger partial charge in [-0.05, 0) is 55.5 Å². The molecule has 0 fully saturated rings. The van der Waals surface area contributed by atoms with Crippen molar-refractivity contribution < 1.29 is 9.53 Å². The second kappa shape index (κ2) is 7.31. The Hall–Kier alpha value is -2.93. The number of hydrogen-bond acceptors (Lipinski definition) is 6. The summed E-state index contributed by atoms with van der Waals surface area (Å²) in [6.45, 7) is 1.52. The summed E-state index contributed by atoms with van der Waals surface area (Å²) >= 11 is 3.37. The van der Waals surface area contributed by atoms with Crippen LogP contribution in [0.2, 0.25) is 0 Å². The molecule has 1 aromatic heterocycles. The highest BCUT2D eigenvalue weighted by Gasteiger charge is 2.11. The monoisotopic (exact) mass is 398 g/mol. The lowest BCUT2D eigenvalue weighted by molar-refractivity contribution is 0.101. The van der Waals surface area contributed by atoms with Crippen LogP contribution >= 0.6 is 15.9 Å². The summed E-state index contributed by atoms with van der Waals surface area (Å²) in [6.07, 6.45) is 1.37. The number of anilines is 3. The van der Waals surface area contributed by atoms with Gasteiger partial charge < -0.3 is 15.8 Å². The molecule has 3 rings (SSSR count). The maximum Gasteiger partial charge on any atom is 0.248 e. The maximum atomic E-state index is 11.3. The molecule has 0 saturated carbocycles. The number of carbonyl (C=O) groups excluding carboxylic acids is 1. The van der Waals surface area contributed by atoms with E-state index in [1.54, 1.807) is 36.4 Å². The summed E-state index contributed by atoms with van der Waals surface area (Å²) in [7, 11) is 0. The van der Waals surface area contributed by atoms with Gasteiger partial charge in [0.2, 0.25) is 5.88 Å². The molecular weight excluding hydrogens is 384 g/mol.